The van der Waals surface area contributed by atoms with Gasteiger partial charge >= 0.3 is 0 Å². The monoisotopic (exact) mass is 569 g/mol. The van der Waals surface area contributed by atoms with Gasteiger partial charge in [-0.1, -0.05) is 84.9 Å². The molecular weight excluding hydrogens is 534 g/mol. The Morgan fingerprint density at radius 2 is 1.27 bits per heavy atom. The smallest absolute Gasteiger partial charge is 0.264 e. The molecule has 0 aromatic heterocycles. The molecule has 0 saturated heterocycles. The predicted octanol–water partition coefficient (Wildman–Crippen LogP) is 4.88. The van der Waals surface area contributed by atoms with E-state index in [0.717, 1.165) is 26.6 Å². The quantitative estimate of drug-likeness (QED) is 0.279. The van der Waals surface area contributed by atoms with Crippen LogP contribution >= 0.6 is 0 Å². The number of benzene rings is 4. The van der Waals surface area contributed by atoms with E-state index in [2.05, 4.69) is 5.32 Å². The van der Waals surface area contributed by atoms with E-state index in [4.69, 9.17) is 0 Å². The number of sulfonamides is 1. The summed E-state index contributed by atoms with van der Waals surface area (Å²) in [4.78, 5) is 29.1. The van der Waals surface area contributed by atoms with Crippen LogP contribution in [0.1, 0.15) is 22.3 Å². The molecule has 1 atom stereocenters. The van der Waals surface area contributed by atoms with Gasteiger partial charge in [-0.2, -0.15) is 0 Å². The SMILES string of the molecule is CNC(=O)[C@H](Cc1ccccc1)N(Cc1ccccc1)C(=O)CN(c1cc(C)cc(C)c1)S(=O)(=O)c1ccccc1. The lowest BCUT2D eigenvalue weighted by atomic mass is 10.0. The Bertz CT molecular complexity index is 1560. The van der Waals surface area contributed by atoms with Gasteiger partial charge in [0.05, 0.1) is 10.6 Å². The van der Waals surface area contributed by atoms with Crippen molar-refractivity contribution in [1.29, 1.82) is 0 Å². The molecule has 4 aromatic rings. The lowest BCUT2D eigenvalue weighted by Crippen LogP contribution is -2.53. The van der Waals surface area contributed by atoms with Gasteiger partial charge in [-0.25, -0.2) is 8.42 Å². The molecule has 0 aliphatic rings. The maximum Gasteiger partial charge on any atom is 0.264 e. The molecule has 0 saturated carbocycles. The number of rotatable bonds is 11. The van der Waals surface area contributed by atoms with Crippen LogP contribution in [-0.4, -0.2) is 44.8 Å². The number of anilines is 1. The van der Waals surface area contributed by atoms with E-state index >= 15 is 0 Å². The summed E-state index contributed by atoms with van der Waals surface area (Å²) in [6, 6.07) is 31.5. The second-order valence-corrected chi connectivity index (χ2v) is 11.9. The molecule has 0 aliphatic carbocycles. The standard InChI is InChI=1S/C33H35N3O4S/c1-25-19-26(2)21-29(20-25)36(41(39,40)30-17-11-6-12-18-30)24-32(37)35(23-28-15-9-5-10-16-28)31(33(38)34-3)22-27-13-7-4-8-14-27/h4-21,31H,22-24H2,1-3H3,(H,34,38)/t31-/m0/s1. The van der Waals surface area contributed by atoms with E-state index < -0.39 is 28.5 Å². The molecule has 0 unspecified atom stereocenters. The normalized spacial score (nSPS) is 11.9. The highest BCUT2D eigenvalue weighted by Gasteiger charge is 2.34. The van der Waals surface area contributed by atoms with Crippen LogP contribution in [0.15, 0.2) is 114 Å². The average molecular weight is 570 g/mol. The highest BCUT2D eigenvalue weighted by molar-refractivity contribution is 7.92. The summed E-state index contributed by atoms with van der Waals surface area (Å²) in [5.74, 6) is -0.820. The van der Waals surface area contributed by atoms with Crippen molar-refractivity contribution in [2.75, 3.05) is 17.9 Å². The minimum absolute atomic E-state index is 0.0775. The van der Waals surface area contributed by atoms with Crippen molar-refractivity contribution in [2.45, 2.75) is 37.8 Å². The van der Waals surface area contributed by atoms with E-state index in [0.29, 0.717) is 5.69 Å². The summed E-state index contributed by atoms with van der Waals surface area (Å²) in [7, 11) is -2.58. The van der Waals surface area contributed by atoms with Crippen LogP contribution in [0.4, 0.5) is 5.69 Å². The van der Waals surface area contributed by atoms with Gasteiger partial charge in [-0.05, 0) is 60.4 Å². The predicted molar refractivity (Wildman–Crippen MR) is 162 cm³/mol. The van der Waals surface area contributed by atoms with Gasteiger partial charge in [-0.3, -0.25) is 13.9 Å². The largest absolute Gasteiger partial charge is 0.357 e. The molecule has 0 fully saturated rings. The van der Waals surface area contributed by atoms with E-state index in [1.165, 1.54) is 24.1 Å². The first-order valence-corrected chi connectivity index (χ1v) is 14.9. The number of amides is 2. The van der Waals surface area contributed by atoms with E-state index in [9.17, 15) is 18.0 Å². The Balaban J connectivity index is 1.79. The van der Waals surface area contributed by atoms with Crippen molar-refractivity contribution < 1.29 is 18.0 Å². The second kappa shape index (κ2) is 13.3. The van der Waals surface area contributed by atoms with E-state index in [1.807, 2.05) is 80.6 Å². The molecule has 41 heavy (non-hydrogen) atoms. The minimum atomic E-state index is -4.11. The fourth-order valence-corrected chi connectivity index (χ4v) is 6.26. The Morgan fingerprint density at radius 3 is 1.80 bits per heavy atom. The second-order valence-electron chi connectivity index (χ2n) is 10.00. The molecule has 212 valence electrons. The van der Waals surface area contributed by atoms with Gasteiger partial charge in [0.25, 0.3) is 10.0 Å². The maximum atomic E-state index is 14.3. The molecule has 0 spiro atoms. The van der Waals surface area contributed by atoms with Crippen molar-refractivity contribution in [3.63, 3.8) is 0 Å². The first-order valence-electron chi connectivity index (χ1n) is 13.4. The third-order valence-corrected chi connectivity index (χ3v) is 8.61. The maximum absolute atomic E-state index is 14.3. The average Bonchev–Trinajstić information content (AvgIpc) is 2.98. The van der Waals surface area contributed by atoms with Gasteiger partial charge < -0.3 is 10.2 Å². The Labute approximate surface area is 242 Å². The zero-order chi connectivity index (χ0) is 29.4. The molecule has 0 radical (unpaired) electrons. The summed E-state index contributed by atoms with van der Waals surface area (Å²) in [6.45, 7) is 3.43. The van der Waals surface area contributed by atoms with Crippen LogP contribution in [0.3, 0.4) is 0 Å². The molecule has 7 nitrogen and oxygen atoms in total. The number of nitrogens with one attached hydrogen (secondary N) is 1. The summed E-state index contributed by atoms with van der Waals surface area (Å²) < 4.78 is 29.1. The Kier molecular flexibility index (Phi) is 9.57. The number of nitrogens with zero attached hydrogens (tertiary/aromatic N) is 2. The first kappa shape index (κ1) is 29.6. The minimum Gasteiger partial charge on any atom is -0.357 e. The lowest BCUT2D eigenvalue weighted by molar-refractivity contribution is -0.139. The first-order chi connectivity index (χ1) is 19.7. The van der Waals surface area contributed by atoms with Crippen LogP contribution in [0.25, 0.3) is 0 Å². The molecule has 0 bridgehead atoms. The Morgan fingerprint density at radius 1 is 0.756 bits per heavy atom. The molecule has 0 heterocycles. The van der Waals surface area contributed by atoms with Gasteiger partial charge in [0.2, 0.25) is 11.8 Å². The number of likely N-dealkylation sites (N-methyl/N-ethyl adjacent to an activating group) is 1. The number of carbonyl (C=O) groups excluding carboxylic acids is 2. The van der Waals surface area contributed by atoms with Crippen LogP contribution < -0.4 is 9.62 Å². The summed E-state index contributed by atoms with van der Waals surface area (Å²) in [5, 5.41) is 2.70. The molecular formula is C33H35N3O4S. The third kappa shape index (κ3) is 7.41. The summed E-state index contributed by atoms with van der Waals surface area (Å²) >= 11 is 0. The van der Waals surface area contributed by atoms with Crippen molar-refractivity contribution in [3.05, 3.63) is 131 Å². The fraction of sp³-hybridized carbons (Fsp3) is 0.212. The fourth-order valence-electron chi connectivity index (χ4n) is 4.84. The molecule has 4 rings (SSSR count). The van der Waals surface area contributed by atoms with Crippen LogP contribution in [-0.2, 0) is 32.6 Å². The van der Waals surface area contributed by atoms with Gasteiger partial charge in [0, 0.05) is 20.0 Å². The number of aryl methyl sites for hydroxylation is 2. The van der Waals surface area contributed by atoms with Crippen molar-refractivity contribution in [2.24, 2.45) is 0 Å². The van der Waals surface area contributed by atoms with Crippen LogP contribution in [0, 0.1) is 13.8 Å². The van der Waals surface area contributed by atoms with Gasteiger partial charge in [0.15, 0.2) is 0 Å². The zero-order valence-corrected chi connectivity index (χ0v) is 24.3. The lowest BCUT2D eigenvalue weighted by Gasteiger charge is -2.33. The van der Waals surface area contributed by atoms with Crippen molar-refractivity contribution in [1.82, 2.24) is 10.2 Å². The van der Waals surface area contributed by atoms with Crippen LogP contribution in [0.5, 0.6) is 0 Å². The summed E-state index contributed by atoms with van der Waals surface area (Å²) in [5.41, 5.74) is 3.84. The topological polar surface area (TPSA) is 86.8 Å². The molecule has 8 heteroatoms. The molecule has 1 N–H and O–H groups in total. The van der Waals surface area contributed by atoms with E-state index in [1.54, 1.807) is 30.3 Å². The van der Waals surface area contributed by atoms with Gasteiger partial charge in [-0.15, -0.1) is 0 Å². The highest BCUT2D eigenvalue weighted by Crippen LogP contribution is 2.27. The highest BCUT2D eigenvalue weighted by atomic mass is 32.2. The number of carbonyl (C=O) groups is 2. The molecule has 0 aliphatic heterocycles. The molecule has 4 aromatic carbocycles. The zero-order valence-electron chi connectivity index (χ0n) is 23.5. The van der Waals surface area contributed by atoms with Crippen molar-refractivity contribution >= 4 is 27.5 Å². The van der Waals surface area contributed by atoms with Crippen molar-refractivity contribution in [3.8, 4) is 0 Å². The van der Waals surface area contributed by atoms with Crippen LogP contribution in [0.2, 0.25) is 0 Å². The third-order valence-electron chi connectivity index (χ3n) is 6.82. The Hall–Kier alpha value is -4.43. The summed E-state index contributed by atoms with van der Waals surface area (Å²) in [6.07, 6.45) is 0.272. The van der Waals surface area contributed by atoms with Gasteiger partial charge in [0.1, 0.15) is 12.6 Å². The molecule has 2 amide bonds. The van der Waals surface area contributed by atoms with E-state index in [-0.39, 0.29) is 23.8 Å². The number of hydrogen-bond donors (Lipinski definition) is 1. The number of hydrogen-bond acceptors (Lipinski definition) is 4.